The van der Waals surface area contributed by atoms with Gasteiger partial charge in [-0.2, -0.15) is 0 Å². The third-order valence-electron chi connectivity index (χ3n) is 2.51. The molecule has 0 aliphatic carbocycles. The Morgan fingerprint density at radius 1 is 1.10 bits per heavy atom. The largest absolute Gasteiger partial charge is 0.478 e. The number of aliphatic carboxylic acids is 1. The van der Waals surface area contributed by atoms with Crippen molar-refractivity contribution in [3.63, 3.8) is 0 Å². The number of hydrogen-bond donors (Lipinski definition) is 1. The normalized spacial score (nSPS) is 10.9. The standard InChI is InChI=1S/C17H18O4/c1-14(9-5-2-3-8-12-16(18)19)13-21-17(20)15-10-6-4-7-11-15/h4-12H,1-3,13H2,(H,18,19)/b9-5+,12-8+. The monoisotopic (exact) mass is 286 g/mol. The molecule has 0 aliphatic heterocycles. The molecule has 4 nitrogen and oxygen atoms in total. The minimum absolute atomic E-state index is 0.134. The molecular weight excluding hydrogens is 268 g/mol. The van der Waals surface area contributed by atoms with Gasteiger partial charge in [0, 0.05) is 6.08 Å². The molecule has 0 aliphatic rings. The Morgan fingerprint density at radius 3 is 2.33 bits per heavy atom. The van der Waals surface area contributed by atoms with Gasteiger partial charge in [-0.15, -0.1) is 0 Å². The first-order valence-corrected chi connectivity index (χ1v) is 6.55. The van der Waals surface area contributed by atoms with E-state index in [9.17, 15) is 9.59 Å². The van der Waals surface area contributed by atoms with Crippen LogP contribution in [-0.2, 0) is 9.53 Å². The average Bonchev–Trinajstić information content (AvgIpc) is 2.49. The lowest BCUT2D eigenvalue weighted by molar-refractivity contribution is -0.131. The summed E-state index contributed by atoms with van der Waals surface area (Å²) in [6.45, 7) is 3.92. The van der Waals surface area contributed by atoms with E-state index in [0.29, 0.717) is 24.0 Å². The van der Waals surface area contributed by atoms with Crippen LogP contribution in [0.5, 0.6) is 0 Å². The molecule has 1 aromatic rings. The Labute approximate surface area is 124 Å². The summed E-state index contributed by atoms with van der Waals surface area (Å²) in [7, 11) is 0. The number of carboxylic acid groups (broad SMARTS) is 1. The summed E-state index contributed by atoms with van der Waals surface area (Å²) in [6, 6.07) is 8.76. The topological polar surface area (TPSA) is 63.6 Å². The van der Waals surface area contributed by atoms with E-state index in [-0.39, 0.29) is 12.6 Å². The highest BCUT2D eigenvalue weighted by atomic mass is 16.5. The van der Waals surface area contributed by atoms with Gasteiger partial charge in [-0.25, -0.2) is 9.59 Å². The summed E-state index contributed by atoms with van der Waals surface area (Å²) in [5, 5.41) is 8.41. The number of carbonyl (C=O) groups is 2. The molecule has 0 spiro atoms. The third-order valence-corrected chi connectivity index (χ3v) is 2.51. The highest BCUT2D eigenvalue weighted by Crippen LogP contribution is 2.04. The predicted octanol–water partition coefficient (Wildman–Crippen LogP) is 3.38. The van der Waals surface area contributed by atoms with E-state index >= 15 is 0 Å². The van der Waals surface area contributed by atoms with Crippen LogP contribution >= 0.6 is 0 Å². The van der Waals surface area contributed by atoms with Crippen molar-refractivity contribution in [2.75, 3.05) is 6.61 Å². The smallest absolute Gasteiger partial charge is 0.338 e. The molecule has 21 heavy (non-hydrogen) atoms. The fourth-order valence-electron chi connectivity index (χ4n) is 1.49. The lowest BCUT2D eigenvalue weighted by Gasteiger charge is -2.04. The molecular formula is C17H18O4. The Bertz CT molecular complexity index is 541. The molecule has 4 heteroatoms. The van der Waals surface area contributed by atoms with Crippen molar-refractivity contribution in [2.24, 2.45) is 0 Å². The maximum absolute atomic E-state index is 11.7. The van der Waals surface area contributed by atoms with Gasteiger partial charge in [-0.3, -0.25) is 0 Å². The number of benzene rings is 1. The number of rotatable bonds is 8. The van der Waals surface area contributed by atoms with E-state index in [1.807, 2.05) is 12.1 Å². The average molecular weight is 286 g/mol. The Hall–Kier alpha value is -2.62. The Morgan fingerprint density at radius 2 is 1.71 bits per heavy atom. The molecule has 0 atom stereocenters. The SMILES string of the molecule is C=C(/C=C/CC/C=C/C(=O)O)COC(=O)c1ccccc1. The van der Waals surface area contributed by atoms with E-state index in [4.69, 9.17) is 9.84 Å². The summed E-state index contributed by atoms with van der Waals surface area (Å²) in [4.78, 5) is 21.9. The fourth-order valence-corrected chi connectivity index (χ4v) is 1.49. The van der Waals surface area contributed by atoms with Gasteiger partial charge in [0.1, 0.15) is 6.61 Å². The van der Waals surface area contributed by atoms with Crippen molar-refractivity contribution >= 4 is 11.9 Å². The van der Waals surface area contributed by atoms with Crippen LogP contribution in [-0.4, -0.2) is 23.7 Å². The van der Waals surface area contributed by atoms with Gasteiger partial charge < -0.3 is 9.84 Å². The fraction of sp³-hybridized carbons (Fsp3) is 0.176. The van der Waals surface area contributed by atoms with Crippen molar-refractivity contribution in [3.8, 4) is 0 Å². The van der Waals surface area contributed by atoms with Crippen LogP contribution in [0.2, 0.25) is 0 Å². The van der Waals surface area contributed by atoms with Crippen molar-refractivity contribution in [1.82, 2.24) is 0 Å². The Balaban J connectivity index is 2.25. The zero-order valence-electron chi connectivity index (χ0n) is 11.7. The number of unbranched alkanes of at least 4 members (excludes halogenated alkanes) is 1. The van der Waals surface area contributed by atoms with Gasteiger partial charge in [0.25, 0.3) is 0 Å². The van der Waals surface area contributed by atoms with Crippen molar-refractivity contribution in [1.29, 1.82) is 0 Å². The number of carboxylic acids is 1. The van der Waals surface area contributed by atoms with Crippen LogP contribution in [0.15, 0.2) is 66.8 Å². The molecule has 0 radical (unpaired) electrons. The van der Waals surface area contributed by atoms with Gasteiger partial charge in [-0.1, -0.05) is 43.0 Å². The second-order valence-electron chi connectivity index (χ2n) is 4.32. The lowest BCUT2D eigenvalue weighted by atomic mass is 10.2. The van der Waals surface area contributed by atoms with Gasteiger partial charge >= 0.3 is 11.9 Å². The number of esters is 1. The third kappa shape index (κ3) is 7.52. The molecule has 0 heterocycles. The predicted molar refractivity (Wildman–Crippen MR) is 81.0 cm³/mol. The van der Waals surface area contributed by atoms with E-state index in [1.54, 1.807) is 36.4 Å². The number of carbonyl (C=O) groups excluding carboxylic acids is 1. The Kier molecular flexibility index (Phi) is 7.29. The zero-order valence-corrected chi connectivity index (χ0v) is 11.7. The summed E-state index contributed by atoms with van der Waals surface area (Å²) in [6.07, 6.45) is 7.68. The van der Waals surface area contributed by atoms with Crippen molar-refractivity contribution < 1.29 is 19.4 Å². The first kappa shape index (κ1) is 16.4. The molecule has 1 rings (SSSR count). The second-order valence-corrected chi connectivity index (χ2v) is 4.32. The highest BCUT2D eigenvalue weighted by molar-refractivity contribution is 5.89. The first-order valence-electron chi connectivity index (χ1n) is 6.55. The van der Waals surface area contributed by atoms with Gasteiger partial charge in [0.05, 0.1) is 5.56 Å². The lowest BCUT2D eigenvalue weighted by Crippen LogP contribution is -2.06. The second kappa shape index (κ2) is 9.31. The minimum Gasteiger partial charge on any atom is -0.478 e. The number of ether oxygens (including phenoxy) is 1. The minimum atomic E-state index is -0.948. The molecule has 0 saturated carbocycles. The van der Waals surface area contributed by atoms with E-state index < -0.39 is 5.97 Å². The van der Waals surface area contributed by atoms with Gasteiger partial charge in [0.2, 0.25) is 0 Å². The summed E-state index contributed by atoms with van der Waals surface area (Å²) >= 11 is 0. The van der Waals surface area contributed by atoms with Crippen LogP contribution in [0.25, 0.3) is 0 Å². The molecule has 1 aromatic carbocycles. The van der Waals surface area contributed by atoms with Crippen LogP contribution in [0.4, 0.5) is 0 Å². The quantitative estimate of drug-likeness (QED) is 0.344. The van der Waals surface area contributed by atoms with Gasteiger partial charge in [-0.05, 0) is 30.5 Å². The zero-order chi connectivity index (χ0) is 15.5. The maximum atomic E-state index is 11.7. The van der Waals surface area contributed by atoms with E-state index in [1.165, 1.54) is 0 Å². The summed E-state index contributed by atoms with van der Waals surface area (Å²) in [5.41, 5.74) is 1.19. The molecule has 110 valence electrons. The van der Waals surface area contributed by atoms with Crippen LogP contribution < -0.4 is 0 Å². The van der Waals surface area contributed by atoms with Crippen molar-refractivity contribution in [2.45, 2.75) is 12.8 Å². The molecule has 0 fully saturated rings. The highest BCUT2D eigenvalue weighted by Gasteiger charge is 2.05. The van der Waals surface area contributed by atoms with Crippen LogP contribution in [0.1, 0.15) is 23.2 Å². The van der Waals surface area contributed by atoms with Crippen LogP contribution in [0.3, 0.4) is 0 Å². The molecule has 1 N–H and O–H groups in total. The number of allylic oxidation sites excluding steroid dienone is 2. The molecule has 0 unspecified atom stereocenters. The first-order chi connectivity index (χ1) is 10.1. The van der Waals surface area contributed by atoms with E-state index in [2.05, 4.69) is 6.58 Å². The molecule has 0 saturated heterocycles. The summed E-state index contributed by atoms with van der Waals surface area (Å²) < 4.78 is 5.12. The molecule has 0 aromatic heterocycles. The number of hydrogen-bond acceptors (Lipinski definition) is 3. The van der Waals surface area contributed by atoms with E-state index in [0.717, 1.165) is 6.08 Å². The van der Waals surface area contributed by atoms with Crippen LogP contribution in [0, 0.1) is 0 Å². The van der Waals surface area contributed by atoms with Gasteiger partial charge in [0.15, 0.2) is 0 Å². The molecule has 0 amide bonds. The maximum Gasteiger partial charge on any atom is 0.338 e. The molecule has 0 bridgehead atoms. The van der Waals surface area contributed by atoms with Crippen molar-refractivity contribution in [3.05, 3.63) is 72.4 Å². The summed E-state index contributed by atoms with van der Waals surface area (Å²) in [5.74, 6) is -1.33.